The number of carboxylic acids is 1. The van der Waals surface area contributed by atoms with Gasteiger partial charge in [0, 0.05) is 10.3 Å². The summed E-state index contributed by atoms with van der Waals surface area (Å²) in [5.74, 6) is -0.797. The maximum atomic E-state index is 11.8. The highest BCUT2D eigenvalue weighted by Gasteiger charge is 2.43. The zero-order valence-corrected chi connectivity index (χ0v) is 14.2. The maximum Gasteiger partial charge on any atom is 0.413 e. The van der Waals surface area contributed by atoms with Gasteiger partial charge in [-0.2, -0.15) is 0 Å². The number of anilines is 1. The fraction of sp³-hybridized carbons (Fsp3) is 0.667. The predicted octanol–water partition coefficient (Wildman–Crippen LogP) is 3.69. The summed E-state index contributed by atoms with van der Waals surface area (Å²) in [4.78, 5) is 28.2. The number of rotatable bonds is 4. The van der Waals surface area contributed by atoms with E-state index in [1.807, 2.05) is 6.92 Å². The van der Waals surface area contributed by atoms with Gasteiger partial charge < -0.3 is 9.84 Å². The predicted molar refractivity (Wildman–Crippen MR) is 84.5 cm³/mol. The van der Waals surface area contributed by atoms with Crippen LogP contribution in [-0.4, -0.2) is 27.8 Å². The number of nitrogens with one attached hydrogen (secondary N) is 1. The van der Waals surface area contributed by atoms with E-state index in [2.05, 4.69) is 10.3 Å². The first-order chi connectivity index (χ1) is 10.1. The molecular formula is C15H22N2O4S. The van der Waals surface area contributed by atoms with Gasteiger partial charge in [0.05, 0.1) is 12.1 Å². The van der Waals surface area contributed by atoms with E-state index in [1.165, 1.54) is 11.3 Å². The van der Waals surface area contributed by atoms with Crippen LogP contribution in [0.15, 0.2) is 0 Å². The molecule has 122 valence electrons. The lowest BCUT2D eigenvalue weighted by Gasteiger charge is -2.40. The fourth-order valence-corrected chi connectivity index (χ4v) is 3.91. The van der Waals surface area contributed by atoms with Crippen LogP contribution < -0.4 is 5.32 Å². The van der Waals surface area contributed by atoms with E-state index < -0.39 is 17.7 Å². The zero-order valence-electron chi connectivity index (χ0n) is 13.4. The van der Waals surface area contributed by atoms with Crippen molar-refractivity contribution in [1.82, 2.24) is 4.98 Å². The minimum absolute atomic E-state index is 0.113. The molecule has 1 aromatic heterocycles. The summed E-state index contributed by atoms with van der Waals surface area (Å²) in [7, 11) is 0. The van der Waals surface area contributed by atoms with E-state index in [4.69, 9.17) is 9.84 Å². The molecule has 1 amide bonds. The summed E-state index contributed by atoms with van der Waals surface area (Å²) in [5.41, 5.74) is -0.101. The van der Waals surface area contributed by atoms with Crippen molar-refractivity contribution in [3.05, 3.63) is 10.6 Å². The molecule has 0 radical (unpaired) electrons. The second-order valence-electron chi connectivity index (χ2n) is 6.76. The van der Waals surface area contributed by atoms with Gasteiger partial charge in [-0.3, -0.25) is 10.1 Å². The van der Waals surface area contributed by atoms with Crippen LogP contribution in [0.5, 0.6) is 0 Å². The van der Waals surface area contributed by atoms with Crippen molar-refractivity contribution in [3.63, 3.8) is 0 Å². The van der Waals surface area contributed by atoms with Crippen molar-refractivity contribution in [2.45, 2.75) is 64.4 Å². The van der Waals surface area contributed by atoms with Gasteiger partial charge in [-0.15, -0.1) is 11.3 Å². The van der Waals surface area contributed by atoms with Crippen molar-refractivity contribution >= 4 is 28.5 Å². The highest BCUT2D eigenvalue weighted by molar-refractivity contribution is 7.16. The largest absolute Gasteiger partial charge is 0.481 e. The molecule has 0 aromatic carbocycles. The first-order valence-electron chi connectivity index (χ1n) is 7.31. The number of nitrogens with zero attached hydrogens (tertiary/aromatic N) is 1. The number of carbonyl (C=O) groups is 2. The van der Waals surface area contributed by atoms with Gasteiger partial charge in [0.25, 0.3) is 0 Å². The van der Waals surface area contributed by atoms with E-state index in [1.54, 1.807) is 20.8 Å². The van der Waals surface area contributed by atoms with Crippen molar-refractivity contribution in [2.75, 3.05) is 5.32 Å². The third-order valence-corrected chi connectivity index (χ3v) is 5.01. The number of amides is 1. The number of aliphatic carboxylic acids is 1. The van der Waals surface area contributed by atoms with Crippen molar-refractivity contribution in [3.8, 4) is 0 Å². The Kier molecular flexibility index (Phi) is 4.47. The third-order valence-electron chi connectivity index (χ3n) is 3.69. The Labute approximate surface area is 133 Å². The Morgan fingerprint density at radius 1 is 1.41 bits per heavy atom. The van der Waals surface area contributed by atoms with Crippen LogP contribution in [0.3, 0.4) is 0 Å². The Morgan fingerprint density at radius 2 is 2.05 bits per heavy atom. The highest BCUT2D eigenvalue weighted by Crippen LogP contribution is 2.50. The van der Waals surface area contributed by atoms with Crippen LogP contribution in [0.1, 0.15) is 57.0 Å². The molecule has 1 fully saturated rings. The first-order valence-corrected chi connectivity index (χ1v) is 8.13. The monoisotopic (exact) mass is 326 g/mol. The third kappa shape index (κ3) is 3.76. The summed E-state index contributed by atoms with van der Waals surface area (Å²) in [5, 5.41) is 12.2. The number of aryl methyl sites for hydroxylation is 1. The number of aromatic nitrogens is 1. The molecule has 1 saturated carbocycles. The normalized spacial score (nSPS) is 16.7. The molecule has 1 heterocycles. The Morgan fingerprint density at radius 3 is 2.50 bits per heavy atom. The molecule has 0 saturated heterocycles. The van der Waals surface area contributed by atoms with Gasteiger partial charge in [0.1, 0.15) is 5.60 Å². The summed E-state index contributed by atoms with van der Waals surface area (Å²) in [6.07, 6.45) is 2.30. The second-order valence-corrected chi connectivity index (χ2v) is 7.76. The minimum Gasteiger partial charge on any atom is -0.481 e. The molecule has 0 spiro atoms. The molecule has 0 unspecified atom stereocenters. The number of hydrogen-bond donors (Lipinski definition) is 2. The Balaban J connectivity index is 2.14. The Hall–Kier alpha value is -1.63. The van der Waals surface area contributed by atoms with Crippen LogP contribution >= 0.6 is 11.3 Å². The molecule has 0 bridgehead atoms. The summed E-state index contributed by atoms with van der Waals surface area (Å²) in [6.45, 7) is 7.23. The first kappa shape index (κ1) is 16.7. The molecule has 1 aromatic rings. The zero-order chi connectivity index (χ0) is 16.5. The number of thiazole rings is 1. The van der Waals surface area contributed by atoms with E-state index in [9.17, 15) is 9.59 Å². The lowest BCUT2D eigenvalue weighted by atomic mass is 9.65. The van der Waals surface area contributed by atoms with E-state index in [-0.39, 0.29) is 11.8 Å². The molecule has 2 rings (SSSR count). The van der Waals surface area contributed by atoms with Crippen molar-refractivity contribution in [2.24, 2.45) is 0 Å². The van der Waals surface area contributed by atoms with Gasteiger partial charge in [-0.05, 0) is 40.5 Å². The SMILES string of the molecule is Cc1nc(NC(=O)OC(C)(C)C)sc1C1(CC(=O)O)CCC1. The number of carbonyl (C=O) groups excluding carboxylic acids is 1. The van der Waals surface area contributed by atoms with Crippen LogP contribution in [0, 0.1) is 6.92 Å². The van der Waals surface area contributed by atoms with Gasteiger partial charge >= 0.3 is 12.1 Å². The minimum atomic E-state index is -0.797. The lowest BCUT2D eigenvalue weighted by Crippen LogP contribution is -2.36. The molecule has 0 aliphatic heterocycles. The van der Waals surface area contributed by atoms with Gasteiger partial charge in [-0.25, -0.2) is 9.78 Å². The fourth-order valence-electron chi connectivity index (χ4n) is 2.71. The topological polar surface area (TPSA) is 88.5 Å². The highest BCUT2D eigenvalue weighted by atomic mass is 32.1. The second kappa shape index (κ2) is 5.87. The Bertz CT molecular complexity index is 585. The molecule has 6 nitrogen and oxygen atoms in total. The van der Waals surface area contributed by atoms with Crippen LogP contribution in [0.4, 0.5) is 9.93 Å². The van der Waals surface area contributed by atoms with E-state index >= 15 is 0 Å². The van der Waals surface area contributed by atoms with Crippen LogP contribution in [0.25, 0.3) is 0 Å². The molecular weight excluding hydrogens is 304 g/mol. The van der Waals surface area contributed by atoms with E-state index in [0.29, 0.717) is 5.13 Å². The molecule has 1 aliphatic rings. The average molecular weight is 326 g/mol. The molecule has 22 heavy (non-hydrogen) atoms. The van der Waals surface area contributed by atoms with Crippen LogP contribution in [-0.2, 0) is 14.9 Å². The maximum absolute atomic E-state index is 11.8. The molecule has 0 atom stereocenters. The summed E-state index contributed by atoms with van der Waals surface area (Å²) in [6, 6.07) is 0. The van der Waals surface area contributed by atoms with Gasteiger partial charge in [0.2, 0.25) is 0 Å². The average Bonchev–Trinajstić information content (AvgIpc) is 2.61. The van der Waals surface area contributed by atoms with Crippen molar-refractivity contribution < 1.29 is 19.4 Å². The van der Waals surface area contributed by atoms with Gasteiger partial charge in [0.15, 0.2) is 5.13 Å². The van der Waals surface area contributed by atoms with Gasteiger partial charge in [-0.1, -0.05) is 6.42 Å². The van der Waals surface area contributed by atoms with Crippen LogP contribution in [0.2, 0.25) is 0 Å². The molecule has 1 aliphatic carbocycles. The van der Waals surface area contributed by atoms with E-state index in [0.717, 1.165) is 29.8 Å². The standard InChI is InChI=1S/C15H22N2O4S/c1-9-11(15(6-5-7-15)8-10(18)19)22-12(16-9)17-13(20)21-14(2,3)4/h5-8H2,1-4H3,(H,18,19)(H,16,17,20). The number of hydrogen-bond acceptors (Lipinski definition) is 5. The molecule has 7 heteroatoms. The quantitative estimate of drug-likeness (QED) is 0.881. The van der Waals surface area contributed by atoms with Crippen molar-refractivity contribution in [1.29, 1.82) is 0 Å². The smallest absolute Gasteiger partial charge is 0.413 e. The number of ether oxygens (including phenoxy) is 1. The number of carboxylic acid groups (broad SMARTS) is 1. The lowest BCUT2D eigenvalue weighted by molar-refractivity contribution is -0.139. The summed E-state index contributed by atoms with van der Waals surface area (Å²) < 4.78 is 5.20. The summed E-state index contributed by atoms with van der Waals surface area (Å²) >= 11 is 1.35. The molecule has 2 N–H and O–H groups in total.